The summed E-state index contributed by atoms with van der Waals surface area (Å²) in [5.74, 6) is 0.965. The number of H-pyrrole nitrogens is 1. The fraction of sp³-hybridized carbons (Fsp3) is 0.500. The molecule has 2 N–H and O–H groups in total. The van der Waals surface area contributed by atoms with Crippen LogP contribution < -0.4 is 10.9 Å². The molecule has 0 bridgehead atoms. The van der Waals surface area contributed by atoms with Gasteiger partial charge in [0.1, 0.15) is 17.1 Å². The molecule has 1 amide bonds. The average molecular weight is 301 g/mol. The van der Waals surface area contributed by atoms with Gasteiger partial charge in [0.05, 0.1) is 0 Å². The van der Waals surface area contributed by atoms with Crippen molar-refractivity contribution >= 4 is 5.91 Å². The van der Waals surface area contributed by atoms with Gasteiger partial charge in [0.2, 0.25) is 6.39 Å². The second-order valence-corrected chi connectivity index (χ2v) is 5.93. The van der Waals surface area contributed by atoms with Crippen molar-refractivity contribution < 1.29 is 9.32 Å². The van der Waals surface area contributed by atoms with Crippen LogP contribution in [0.3, 0.4) is 0 Å². The smallest absolute Gasteiger partial charge is 0.270 e. The van der Waals surface area contributed by atoms with Gasteiger partial charge < -0.3 is 14.8 Å². The van der Waals surface area contributed by atoms with E-state index >= 15 is 0 Å². The maximum atomic E-state index is 12.5. The number of carbonyl (C=O) groups is 1. The normalized spacial score (nSPS) is 19.5. The van der Waals surface area contributed by atoms with Crippen molar-refractivity contribution in [1.82, 2.24) is 25.4 Å². The molecule has 0 radical (unpaired) electrons. The van der Waals surface area contributed by atoms with Crippen LogP contribution in [0.1, 0.15) is 60.2 Å². The Morgan fingerprint density at radius 3 is 2.82 bits per heavy atom. The third-order valence-corrected chi connectivity index (χ3v) is 4.31. The first kappa shape index (κ1) is 13.2. The summed E-state index contributed by atoms with van der Waals surface area (Å²) in [6.45, 7) is 0. The van der Waals surface area contributed by atoms with E-state index < -0.39 is 5.54 Å². The second-order valence-electron chi connectivity index (χ2n) is 5.93. The summed E-state index contributed by atoms with van der Waals surface area (Å²) < 4.78 is 4.78. The van der Waals surface area contributed by atoms with Gasteiger partial charge in [0, 0.05) is 12.0 Å². The van der Waals surface area contributed by atoms with Crippen LogP contribution >= 0.6 is 0 Å². The fourth-order valence-corrected chi connectivity index (χ4v) is 2.74. The predicted molar refractivity (Wildman–Crippen MR) is 74.1 cm³/mol. The molecule has 22 heavy (non-hydrogen) atoms. The van der Waals surface area contributed by atoms with E-state index in [1.54, 1.807) is 0 Å². The highest BCUT2D eigenvalue weighted by molar-refractivity contribution is 5.92. The maximum absolute atomic E-state index is 12.5. The summed E-state index contributed by atoms with van der Waals surface area (Å²) in [5, 5.41) is 6.76. The van der Waals surface area contributed by atoms with E-state index in [-0.39, 0.29) is 23.1 Å². The molecule has 2 saturated carbocycles. The first-order valence-electron chi connectivity index (χ1n) is 7.37. The molecule has 0 aliphatic heterocycles. The van der Waals surface area contributed by atoms with Crippen molar-refractivity contribution in [2.75, 3.05) is 0 Å². The van der Waals surface area contributed by atoms with Crippen LogP contribution in [-0.2, 0) is 5.54 Å². The second kappa shape index (κ2) is 4.75. The van der Waals surface area contributed by atoms with Crippen LogP contribution in [0.4, 0.5) is 0 Å². The Bertz CT molecular complexity index is 759. The molecule has 2 fully saturated rings. The van der Waals surface area contributed by atoms with Gasteiger partial charge in [-0.1, -0.05) is 5.16 Å². The third kappa shape index (κ3) is 2.20. The molecule has 0 unspecified atom stereocenters. The van der Waals surface area contributed by atoms with Gasteiger partial charge >= 0.3 is 0 Å². The number of rotatable bonds is 4. The van der Waals surface area contributed by atoms with Gasteiger partial charge in [-0.05, 0) is 32.1 Å². The third-order valence-electron chi connectivity index (χ3n) is 4.31. The summed E-state index contributed by atoms with van der Waals surface area (Å²) in [5.41, 5.74) is -0.765. The zero-order chi connectivity index (χ0) is 15.2. The van der Waals surface area contributed by atoms with Gasteiger partial charge in [-0.25, -0.2) is 4.98 Å². The standard InChI is InChI=1S/C14H15N5O3/c20-10-6-9(16-11(17-10)8-2-3-8)12(21)18-14(4-1-5-14)13-15-7-22-19-13/h6-8H,1-5H2,(H,18,21)(H,16,17,20). The van der Waals surface area contributed by atoms with E-state index in [1.165, 1.54) is 12.5 Å². The molecule has 0 atom stereocenters. The van der Waals surface area contributed by atoms with Crippen LogP contribution in [0.2, 0.25) is 0 Å². The van der Waals surface area contributed by atoms with E-state index in [2.05, 4.69) is 25.4 Å². The molecular weight excluding hydrogens is 286 g/mol. The summed E-state index contributed by atoms with van der Waals surface area (Å²) in [4.78, 5) is 35.2. The minimum Gasteiger partial charge on any atom is -0.343 e. The molecule has 0 saturated heterocycles. The van der Waals surface area contributed by atoms with Crippen LogP contribution in [0, 0.1) is 0 Å². The lowest BCUT2D eigenvalue weighted by atomic mass is 9.76. The van der Waals surface area contributed by atoms with Crippen LogP contribution in [0.25, 0.3) is 0 Å². The van der Waals surface area contributed by atoms with Gasteiger partial charge in [-0.3, -0.25) is 9.59 Å². The van der Waals surface area contributed by atoms with Crippen molar-refractivity contribution in [3.05, 3.63) is 40.2 Å². The molecule has 2 aromatic rings. The SMILES string of the molecule is O=C(NC1(c2ncon2)CCC1)c1cc(=O)[nH]c(C2CC2)n1. The molecule has 8 heteroatoms. The number of carbonyl (C=O) groups excluding carboxylic acids is 1. The van der Waals surface area contributed by atoms with Crippen LogP contribution in [-0.4, -0.2) is 26.0 Å². The number of amides is 1. The molecule has 8 nitrogen and oxygen atoms in total. The number of hydrogen-bond acceptors (Lipinski definition) is 6. The van der Waals surface area contributed by atoms with E-state index in [0.717, 1.165) is 32.1 Å². The summed E-state index contributed by atoms with van der Waals surface area (Å²) >= 11 is 0. The van der Waals surface area contributed by atoms with Gasteiger partial charge in [0.25, 0.3) is 11.5 Å². The average Bonchev–Trinajstić information content (AvgIpc) is 3.18. The maximum Gasteiger partial charge on any atom is 0.270 e. The van der Waals surface area contributed by atoms with E-state index in [0.29, 0.717) is 11.6 Å². The Morgan fingerprint density at radius 1 is 1.41 bits per heavy atom. The van der Waals surface area contributed by atoms with Crippen molar-refractivity contribution in [1.29, 1.82) is 0 Å². The van der Waals surface area contributed by atoms with Crippen LogP contribution in [0.5, 0.6) is 0 Å². The lowest BCUT2D eigenvalue weighted by Crippen LogP contribution is -2.51. The number of aromatic amines is 1. The summed E-state index contributed by atoms with van der Waals surface area (Å²) in [7, 11) is 0. The molecule has 2 heterocycles. The number of aromatic nitrogens is 4. The first-order valence-corrected chi connectivity index (χ1v) is 7.37. The topological polar surface area (TPSA) is 114 Å². The molecule has 4 rings (SSSR count). The molecule has 2 aromatic heterocycles. The van der Waals surface area contributed by atoms with E-state index in [1.807, 2.05) is 0 Å². The lowest BCUT2D eigenvalue weighted by Gasteiger charge is -2.39. The minimum absolute atomic E-state index is 0.139. The number of nitrogens with one attached hydrogen (secondary N) is 2. The highest BCUT2D eigenvalue weighted by atomic mass is 16.5. The zero-order valence-corrected chi connectivity index (χ0v) is 11.8. The van der Waals surface area contributed by atoms with E-state index in [4.69, 9.17) is 4.52 Å². The molecule has 2 aliphatic rings. The Balaban J connectivity index is 1.61. The molecule has 114 valence electrons. The molecule has 0 spiro atoms. The van der Waals surface area contributed by atoms with Crippen molar-refractivity contribution in [3.63, 3.8) is 0 Å². The summed E-state index contributed by atoms with van der Waals surface area (Å²) in [6, 6.07) is 1.23. The minimum atomic E-state index is -0.603. The van der Waals surface area contributed by atoms with Crippen LogP contribution in [0.15, 0.2) is 21.8 Å². The van der Waals surface area contributed by atoms with Crippen molar-refractivity contribution in [2.45, 2.75) is 43.6 Å². The number of nitrogens with zero attached hydrogens (tertiary/aromatic N) is 3. The van der Waals surface area contributed by atoms with Gasteiger partial charge in [0.15, 0.2) is 5.82 Å². The zero-order valence-electron chi connectivity index (χ0n) is 11.8. The quantitative estimate of drug-likeness (QED) is 0.865. The Hall–Kier alpha value is -2.51. The highest BCUT2D eigenvalue weighted by Crippen LogP contribution is 2.40. The highest BCUT2D eigenvalue weighted by Gasteiger charge is 2.44. The van der Waals surface area contributed by atoms with E-state index in [9.17, 15) is 9.59 Å². The largest absolute Gasteiger partial charge is 0.343 e. The predicted octanol–water partition coefficient (Wildman–Crippen LogP) is 0.839. The van der Waals surface area contributed by atoms with Gasteiger partial charge in [-0.15, -0.1) is 0 Å². The summed E-state index contributed by atoms with van der Waals surface area (Å²) in [6.07, 6.45) is 5.72. The Labute approximate surface area is 125 Å². The molecular formula is C14H15N5O3. The lowest BCUT2D eigenvalue weighted by molar-refractivity contribution is 0.0799. The Morgan fingerprint density at radius 2 is 2.23 bits per heavy atom. The fourth-order valence-electron chi connectivity index (χ4n) is 2.74. The molecule has 2 aliphatic carbocycles. The van der Waals surface area contributed by atoms with Gasteiger partial charge in [-0.2, -0.15) is 4.98 Å². The Kier molecular flexibility index (Phi) is 2.85. The monoisotopic (exact) mass is 301 g/mol. The molecule has 0 aromatic carbocycles. The van der Waals surface area contributed by atoms with Crippen molar-refractivity contribution in [3.8, 4) is 0 Å². The first-order chi connectivity index (χ1) is 10.7. The van der Waals surface area contributed by atoms with Crippen molar-refractivity contribution in [2.24, 2.45) is 0 Å². The number of hydrogen-bond donors (Lipinski definition) is 2.